The number of carbonyl (C=O) groups is 1. The Kier molecular flexibility index (Phi) is 9.49. The standard InChI is InChI=1S/C13H25NO/c1-4-6-7-8-9-10-13(15)11-14-12(3)5-2/h4,12,14H,1,5-11H2,2-3H3. The van der Waals surface area contributed by atoms with Gasteiger partial charge in [-0.25, -0.2) is 0 Å². The van der Waals surface area contributed by atoms with E-state index in [1.54, 1.807) is 0 Å². The molecule has 0 heterocycles. The van der Waals surface area contributed by atoms with Crippen molar-refractivity contribution >= 4 is 5.78 Å². The van der Waals surface area contributed by atoms with Gasteiger partial charge in [0.25, 0.3) is 0 Å². The zero-order valence-electron chi connectivity index (χ0n) is 10.2. The molecule has 0 aliphatic heterocycles. The lowest BCUT2D eigenvalue weighted by Gasteiger charge is -2.09. The largest absolute Gasteiger partial charge is 0.308 e. The molecule has 0 aromatic rings. The topological polar surface area (TPSA) is 29.1 Å². The number of nitrogens with one attached hydrogen (secondary N) is 1. The van der Waals surface area contributed by atoms with Gasteiger partial charge in [0, 0.05) is 12.5 Å². The van der Waals surface area contributed by atoms with Gasteiger partial charge in [-0.05, 0) is 32.6 Å². The van der Waals surface area contributed by atoms with Crippen LogP contribution in [0.5, 0.6) is 0 Å². The molecule has 0 aliphatic rings. The van der Waals surface area contributed by atoms with Gasteiger partial charge in [0.15, 0.2) is 0 Å². The lowest BCUT2D eigenvalue weighted by atomic mass is 10.1. The number of hydrogen-bond donors (Lipinski definition) is 1. The zero-order valence-corrected chi connectivity index (χ0v) is 10.2. The fourth-order valence-electron chi connectivity index (χ4n) is 1.31. The van der Waals surface area contributed by atoms with E-state index in [-0.39, 0.29) is 0 Å². The number of unbranched alkanes of at least 4 members (excludes halogenated alkanes) is 3. The van der Waals surface area contributed by atoms with Crippen LogP contribution in [-0.2, 0) is 4.79 Å². The van der Waals surface area contributed by atoms with Gasteiger partial charge in [-0.3, -0.25) is 4.79 Å². The van der Waals surface area contributed by atoms with E-state index >= 15 is 0 Å². The van der Waals surface area contributed by atoms with E-state index in [0.717, 1.165) is 38.5 Å². The summed E-state index contributed by atoms with van der Waals surface area (Å²) >= 11 is 0. The first-order valence-electron chi connectivity index (χ1n) is 6.06. The minimum atomic E-state index is 0.342. The predicted molar refractivity (Wildman–Crippen MR) is 66.0 cm³/mol. The number of allylic oxidation sites excluding steroid dienone is 1. The first kappa shape index (κ1) is 14.4. The molecule has 2 heteroatoms. The highest BCUT2D eigenvalue weighted by Gasteiger charge is 2.03. The maximum Gasteiger partial charge on any atom is 0.146 e. The molecule has 1 N–H and O–H groups in total. The van der Waals surface area contributed by atoms with Crippen LogP contribution < -0.4 is 5.32 Å². The summed E-state index contributed by atoms with van der Waals surface area (Å²) in [5, 5.41) is 3.22. The van der Waals surface area contributed by atoms with Crippen molar-refractivity contribution in [3.05, 3.63) is 12.7 Å². The molecule has 15 heavy (non-hydrogen) atoms. The van der Waals surface area contributed by atoms with E-state index in [0.29, 0.717) is 18.4 Å². The van der Waals surface area contributed by atoms with Crippen molar-refractivity contribution in [3.63, 3.8) is 0 Å². The predicted octanol–water partition coefficient (Wildman–Crippen LogP) is 3.08. The lowest BCUT2D eigenvalue weighted by Crippen LogP contribution is -2.30. The smallest absolute Gasteiger partial charge is 0.146 e. The maximum atomic E-state index is 11.4. The van der Waals surface area contributed by atoms with Gasteiger partial charge in [-0.15, -0.1) is 6.58 Å². The quantitative estimate of drug-likeness (QED) is 0.444. The van der Waals surface area contributed by atoms with Crippen molar-refractivity contribution in [3.8, 4) is 0 Å². The van der Waals surface area contributed by atoms with Crippen LogP contribution in [0.2, 0.25) is 0 Å². The van der Waals surface area contributed by atoms with E-state index in [9.17, 15) is 4.79 Å². The fraction of sp³-hybridized carbons (Fsp3) is 0.769. The average Bonchev–Trinajstić information content (AvgIpc) is 2.25. The Balaban J connectivity index is 3.29. The maximum absolute atomic E-state index is 11.4. The summed E-state index contributed by atoms with van der Waals surface area (Å²) in [6.45, 7) is 8.44. The van der Waals surface area contributed by atoms with Crippen molar-refractivity contribution < 1.29 is 4.79 Å². The molecule has 0 radical (unpaired) electrons. The van der Waals surface area contributed by atoms with Gasteiger partial charge in [0.05, 0.1) is 6.54 Å². The highest BCUT2D eigenvalue weighted by atomic mass is 16.1. The first-order valence-corrected chi connectivity index (χ1v) is 6.06. The molecule has 0 rings (SSSR count). The SMILES string of the molecule is C=CCCCCCC(=O)CNC(C)CC. The molecule has 0 amide bonds. The van der Waals surface area contributed by atoms with Gasteiger partial charge in [0.2, 0.25) is 0 Å². The molecule has 0 spiro atoms. The highest BCUT2D eigenvalue weighted by Crippen LogP contribution is 2.03. The van der Waals surface area contributed by atoms with E-state index in [1.807, 2.05) is 6.08 Å². The number of Topliss-reactive ketones (excluding diaryl/α,β-unsaturated/α-hetero) is 1. The van der Waals surface area contributed by atoms with Crippen molar-refractivity contribution in [2.45, 2.75) is 58.4 Å². The first-order chi connectivity index (χ1) is 7.20. The van der Waals surface area contributed by atoms with E-state index < -0.39 is 0 Å². The van der Waals surface area contributed by atoms with Crippen LogP contribution in [-0.4, -0.2) is 18.4 Å². The molecule has 0 aliphatic carbocycles. The summed E-state index contributed by atoms with van der Waals surface area (Å²) in [6.07, 6.45) is 8.13. The molecule has 1 unspecified atom stereocenters. The second-order valence-electron chi connectivity index (χ2n) is 4.12. The molecule has 0 aromatic heterocycles. The molecule has 88 valence electrons. The van der Waals surface area contributed by atoms with Crippen molar-refractivity contribution in [1.82, 2.24) is 5.32 Å². The molecular formula is C13H25NO. The Morgan fingerprint density at radius 2 is 2.13 bits per heavy atom. The Bertz CT molecular complexity index is 177. The number of ketones is 1. The molecular weight excluding hydrogens is 186 g/mol. The molecule has 0 fully saturated rings. The number of carbonyl (C=O) groups excluding carboxylic acids is 1. The molecule has 2 nitrogen and oxygen atoms in total. The Morgan fingerprint density at radius 3 is 2.73 bits per heavy atom. The van der Waals surface area contributed by atoms with Gasteiger partial charge in [-0.1, -0.05) is 19.4 Å². The Morgan fingerprint density at radius 1 is 1.40 bits per heavy atom. The van der Waals surface area contributed by atoms with E-state index in [1.165, 1.54) is 0 Å². The van der Waals surface area contributed by atoms with Gasteiger partial charge in [0.1, 0.15) is 5.78 Å². The second kappa shape index (κ2) is 9.91. The minimum absolute atomic E-state index is 0.342. The molecule has 1 atom stereocenters. The van der Waals surface area contributed by atoms with Crippen LogP contribution in [0.3, 0.4) is 0 Å². The molecule has 0 saturated carbocycles. The van der Waals surface area contributed by atoms with Gasteiger partial charge >= 0.3 is 0 Å². The minimum Gasteiger partial charge on any atom is -0.308 e. The summed E-state index contributed by atoms with van der Waals surface area (Å²) in [5.41, 5.74) is 0. The summed E-state index contributed by atoms with van der Waals surface area (Å²) < 4.78 is 0. The molecule has 0 saturated heterocycles. The molecule has 0 aromatic carbocycles. The highest BCUT2D eigenvalue weighted by molar-refractivity contribution is 5.80. The van der Waals surface area contributed by atoms with Crippen molar-refractivity contribution in [2.75, 3.05) is 6.54 Å². The van der Waals surface area contributed by atoms with Crippen molar-refractivity contribution in [2.24, 2.45) is 0 Å². The lowest BCUT2D eigenvalue weighted by molar-refractivity contribution is -0.118. The van der Waals surface area contributed by atoms with Crippen LogP contribution in [0, 0.1) is 0 Å². The summed E-state index contributed by atoms with van der Waals surface area (Å²) in [5.74, 6) is 0.342. The third kappa shape index (κ3) is 9.67. The van der Waals surface area contributed by atoms with Crippen LogP contribution in [0.25, 0.3) is 0 Å². The van der Waals surface area contributed by atoms with Crippen LogP contribution in [0.15, 0.2) is 12.7 Å². The van der Waals surface area contributed by atoms with E-state index in [2.05, 4.69) is 25.7 Å². The van der Waals surface area contributed by atoms with Gasteiger partial charge in [-0.2, -0.15) is 0 Å². The van der Waals surface area contributed by atoms with Crippen molar-refractivity contribution in [1.29, 1.82) is 0 Å². The van der Waals surface area contributed by atoms with Gasteiger partial charge < -0.3 is 5.32 Å². The Hall–Kier alpha value is -0.630. The monoisotopic (exact) mass is 211 g/mol. The third-order valence-corrected chi connectivity index (χ3v) is 2.62. The summed E-state index contributed by atoms with van der Waals surface area (Å²) in [6, 6.07) is 0.453. The molecule has 0 bridgehead atoms. The Labute approximate surface area is 94.1 Å². The van der Waals surface area contributed by atoms with E-state index in [4.69, 9.17) is 0 Å². The summed E-state index contributed by atoms with van der Waals surface area (Å²) in [7, 11) is 0. The number of rotatable bonds is 10. The third-order valence-electron chi connectivity index (χ3n) is 2.62. The normalized spacial score (nSPS) is 12.4. The number of hydrogen-bond acceptors (Lipinski definition) is 2. The van der Waals surface area contributed by atoms with Crippen LogP contribution >= 0.6 is 0 Å². The fourth-order valence-corrected chi connectivity index (χ4v) is 1.31. The zero-order chi connectivity index (χ0) is 11.5. The van der Waals surface area contributed by atoms with Crippen LogP contribution in [0.1, 0.15) is 52.4 Å². The second-order valence-corrected chi connectivity index (χ2v) is 4.12. The summed E-state index contributed by atoms with van der Waals surface area (Å²) in [4.78, 5) is 11.4. The van der Waals surface area contributed by atoms with Crippen LogP contribution in [0.4, 0.5) is 0 Å². The average molecular weight is 211 g/mol.